The summed E-state index contributed by atoms with van der Waals surface area (Å²) in [6.45, 7) is 8.01. The molecule has 1 aliphatic rings. The number of hydrogen-bond acceptors (Lipinski definition) is 5. The van der Waals surface area contributed by atoms with Gasteiger partial charge in [0.2, 0.25) is 5.91 Å². The molecule has 3 rings (SSSR count). The Morgan fingerprint density at radius 3 is 2.21 bits per heavy atom. The predicted octanol–water partition coefficient (Wildman–Crippen LogP) is 1.21. The highest BCUT2D eigenvalue weighted by Crippen LogP contribution is 2.36. The van der Waals surface area contributed by atoms with Gasteiger partial charge >= 0.3 is 7.12 Å². The topological polar surface area (TPSA) is 104 Å². The molecule has 2 aromatic rings. The van der Waals surface area contributed by atoms with Crippen LogP contribution in [0.1, 0.15) is 43.7 Å². The van der Waals surface area contributed by atoms with Crippen LogP contribution in [0.2, 0.25) is 0 Å². The van der Waals surface area contributed by atoms with Gasteiger partial charge in [-0.25, -0.2) is 0 Å². The molecule has 1 aliphatic heterocycles. The van der Waals surface area contributed by atoms with Gasteiger partial charge in [0.25, 0.3) is 5.91 Å². The van der Waals surface area contributed by atoms with E-state index in [9.17, 15) is 9.59 Å². The Balaban J connectivity index is 1.67. The number of nitrogens with zero attached hydrogens (tertiary/aromatic N) is 1. The summed E-state index contributed by atoms with van der Waals surface area (Å²) in [7, 11) is -0.454. The Labute approximate surface area is 171 Å². The molecule has 1 aromatic heterocycles. The molecule has 2 heterocycles. The third kappa shape index (κ3) is 4.66. The zero-order valence-electron chi connectivity index (χ0n) is 17.1. The molecule has 0 radical (unpaired) electrons. The van der Waals surface area contributed by atoms with Gasteiger partial charge in [-0.3, -0.25) is 14.6 Å². The first-order chi connectivity index (χ1) is 13.6. The maximum Gasteiger partial charge on any atom is 0.494 e. The number of aromatic nitrogens is 1. The van der Waals surface area contributed by atoms with E-state index in [4.69, 9.17) is 15.0 Å². The molecular weight excluding hydrogens is 369 g/mol. The lowest BCUT2D eigenvalue weighted by Crippen LogP contribution is -2.46. The normalized spacial score (nSPS) is 18.3. The van der Waals surface area contributed by atoms with Crippen molar-refractivity contribution in [3.8, 4) is 0 Å². The number of nitrogens with one attached hydrogen (secondary N) is 1. The van der Waals surface area contributed by atoms with Gasteiger partial charge in [-0.1, -0.05) is 30.3 Å². The highest BCUT2D eigenvalue weighted by atomic mass is 16.7. The third-order valence-corrected chi connectivity index (χ3v) is 5.49. The minimum atomic E-state index is -0.841. The molecule has 0 saturated carbocycles. The molecule has 8 heteroatoms. The maximum absolute atomic E-state index is 12.3. The number of carbonyl (C=O) groups is 2. The Hall–Kier alpha value is -2.71. The molecule has 2 amide bonds. The standard InChI is InChI=1S/C21H26BN3O4/c1-20(2)21(3,4)29-22(28-20)15-10-8-14(9-11-15)13-17(18(23)26)25-19(27)16-7-5-6-12-24-16/h5-12,17H,13H2,1-4H3,(H2,23,26)(H,25,27)/t17-/m0/s1. The van der Waals surface area contributed by atoms with E-state index in [0.717, 1.165) is 11.0 Å². The molecule has 0 bridgehead atoms. The van der Waals surface area contributed by atoms with E-state index in [0.29, 0.717) is 0 Å². The van der Waals surface area contributed by atoms with Crippen LogP contribution in [0.3, 0.4) is 0 Å². The second-order valence-corrected chi connectivity index (χ2v) is 8.18. The summed E-state index contributed by atoms with van der Waals surface area (Å²) in [5.41, 5.74) is 6.64. The van der Waals surface area contributed by atoms with Gasteiger partial charge in [0.05, 0.1) is 11.2 Å². The largest absolute Gasteiger partial charge is 0.494 e. The lowest BCUT2D eigenvalue weighted by Gasteiger charge is -2.32. The van der Waals surface area contributed by atoms with Crippen molar-refractivity contribution in [2.75, 3.05) is 0 Å². The smallest absolute Gasteiger partial charge is 0.399 e. The molecule has 1 aromatic carbocycles. The van der Waals surface area contributed by atoms with E-state index in [-0.39, 0.29) is 12.1 Å². The van der Waals surface area contributed by atoms with Crippen LogP contribution in [-0.4, -0.2) is 41.2 Å². The van der Waals surface area contributed by atoms with Gasteiger partial charge < -0.3 is 20.4 Å². The van der Waals surface area contributed by atoms with Crippen LogP contribution < -0.4 is 16.5 Å². The SMILES string of the molecule is CC1(C)OB(c2ccc(C[C@H](NC(=O)c3ccccn3)C(N)=O)cc2)OC1(C)C. The van der Waals surface area contributed by atoms with Crippen molar-refractivity contribution in [1.29, 1.82) is 0 Å². The van der Waals surface area contributed by atoms with Gasteiger partial charge in [-0.15, -0.1) is 0 Å². The molecule has 3 N–H and O–H groups in total. The lowest BCUT2D eigenvalue weighted by molar-refractivity contribution is -0.119. The molecule has 1 atom stereocenters. The van der Waals surface area contributed by atoms with Crippen molar-refractivity contribution in [3.05, 3.63) is 59.9 Å². The van der Waals surface area contributed by atoms with Crippen LogP contribution in [0.25, 0.3) is 0 Å². The second-order valence-electron chi connectivity index (χ2n) is 8.18. The number of pyridine rings is 1. The van der Waals surface area contributed by atoms with Crippen LogP contribution in [0, 0.1) is 0 Å². The molecule has 1 saturated heterocycles. The molecule has 0 unspecified atom stereocenters. The number of primary amides is 1. The first-order valence-electron chi connectivity index (χ1n) is 9.55. The third-order valence-electron chi connectivity index (χ3n) is 5.49. The summed E-state index contributed by atoms with van der Waals surface area (Å²) < 4.78 is 12.1. The van der Waals surface area contributed by atoms with Gasteiger partial charge in [0, 0.05) is 12.6 Å². The van der Waals surface area contributed by atoms with Gasteiger partial charge in [-0.2, -0.15) is 0 Å². The molecule has 0 aliphatic carbocycles. The number of carbonyl (C=O) groups excluding carboxylic acids is 2. The summed E-state index contributed by atoms with van der Waals surface area (Å²) in [6.07, 6.45) is 1.79. The van der Waals surface area contributed by atoms with Crippen molar-refractivity contribution >= 4 is 24.4 Å². The quantitative estimate of drug-likeness (QED) is 0.716. The summed E-state index contributed by atoms with van der Waals surface area (Å²) >= 11 is 0. The molecule has 1 fully saturated rings. The number of nitrogens with two attached hydrogens (primary N) is 1. The van der Waals surface area contributed by atoms with Gasteiger partial charge in [0.1, 0.15) is 11.7 Å². The van der Waals surface area contributed by atoms with E-state index in [1.165, 1.54) is 6.20 Å². The average molecular weight is 395 g/mol. The summed E-state index contributed by atoms with van der Waals surface area (Å²) in [5, 5.41) is 2.65. The Morgan fingerprint density at radius 1 is 1.07 bits per heavy atom. The molecule has 7 nitrogen and oxygen atoms in total. The lowest BCUT2D eigenvalue weighted by atomic mass is 9.78. The zero-order valence-corrected chi connectivity index (χ0v) is 17.1. The number of rotatable bonds is 6. The first kappa shape index (κ1) is 21.0. The fraction of sp³-hybridized carbons (Fsp3) is 0.381. The van der Waals surface area contributed by atoms with E-state index >= 15 is 0 Å². The number of amides is 2. The minimum Gasteiger partial charge on any atom is -0.399 e. The van der Waals surface area contributed by atoms with Crippen molar-refractivity contribution in [2.24, 2.45) is 5.73 Å². The fourth-order valence-electron chi connectivity index (χ4n) is 2.98. The fourth-order valence-corrected chi connectivity index (χ4v) is 2.98. The highest BCUT2D eigenvalue weighted by Gasteiger charge is 2.51. The van der Waals surface area contributed by atoms with Crippen LogP contribution in [-0.2, 0) is 20.5 Å². The van der Waals surface area contributed by atoms with Crippen LogP contribution >= 0.6 is 0 Å². The second kappa shape index (κ2) is 7.97. The Morgan fingerprint density at radius 2 is 1.69 bits per heavy atom. The average Bonchev–Trinajstić information content (AvgIpc) is 2.89. The van der Waals surface area contributed by atoms with Gasteiger partial charge in [0.15, 0.2) is 0 Å². The summed E-state index contributed by atoms with van der Waals surface area (Å²) in [6, 6.07) is 11.7. The van der Waals surface area contributed by atoms with Crippen LogP contribution in [0.15, 0.2) is 48.7 Å². The number of hydrogen-bond donors (Lipinski definition) is 2. The minimum absolute atomic E-state index is 0.231. The summed E-state index contributed by atoms with van der Waals surface area (Å²) in [4.78, 5) is 28.1. The summed E-state index contributed by atoms with van der Waals surface area (Å²) in [5.74, 6) is -1.05. The molecule has 152 valence electrons. The van der Waals surface area contributed by atoms with Crippen molar-refractivity contribution < 1.29 is 18.9 Å². The molecule has 29 heavy (non-hydrogen) atoms. The predicted molar refractivity (Wildman–Crippen MR) is 111 cm³/mol. The van der Waals surface area contributed by atoms with Crippen LogP contribution in [0.4, 0.5) is 0 Å². The van der Waals surface area contributed by atoms with Crippen molar-refractivity contribution in [2.45, 2.75) is 51.4 Å². The van der Waals surface area contributed by atoms with Crippen molar-refractivity contribution in [3.63, 3.8) is 0 Å². The maximum atomic E-state index is 12.3. The van der Waals surface area contributed by atoms with E-state index in [2.05, 4.69) is 10.3 Å². The first-order valence-corrected chi connectivity index (χ1v) is 9.55. The molecule has 0 spiro atoms. The highest BCUT2D eigenvalue weighted by molar-refractivity contribution is 6.62. The Kier molecular flexibility index (Phi) is 5.77. The molecular formula is C21H26BN3O4. The van der Waals surface area contributed by atoms with E-state index in [1.54, 1.807) is 18.2 Å². The van der Waals surface area contributed by atoms with E-state index in [1.807, 2.05) is 52.0 Å². The Bertz CT molecular complexity index is 869. The van der Waals surface area contributed by atoms with Gasteiger partial charge in [-0.05, 0) is 50.9 Å². The monoisotopic (exact) mass is 395 g/mol. The number of benzene rings is 1. The van der Waals surface area contributed by atoms with Crippen LogP contribution in [0.5, 0.6) is 0 Å². The zero-order chi connectivity index (χ0) is 21.2. The van der Waals surface area contributed by atoms with Crippen molar-refractivity contribution in [1.82, 2.24) is 10.3 Å². The van der Waals surface area contributed by atoms with E-state index < -0.39 is 36.2 Å².